The van der Waals surface area contributed by atoms with E-state index in [2.05, 4.69) is 24.4 Å². The average molecular weight is 325 g/mol. The molecule has 0 aliphatic carbocycles. The van der Waals surface area contributed by atoms with Crippen molar-refractivity contribution in [1.82, 2.24) is 5.32 Å². The highest BCUT2D eigenvalue weighted by molar-refractivity contribution is 5.67. The van der Waals surface area contributed by atoms with Crippen LogP contribution in [0.25, 0.3) is 0 Å². The Bertz CT molecular complexity index is 455. The third-order valence-electron chi connectivity index (χ3n) is 2.23. The number of hydrogen-bond donors (Lipinski definition) is 2. The molecule has 1 aromatic rings. The van der Waals surface area contributed by atoms with Crippen molar-refractivity contribution in [2.75, 3.05) is 13.2 Å². The lowest BCUT2D eigenvalue weighted by molar-refractivity contribution is 0.0517. The molecular weight excluding hydrogens is 294 g/mol. The maximum Gasteiger partial charge on any atom is 0.407 e. The van der Waals surface area contributed by atoms with E-state index in [1.54, 1.807) is 20.8 Å². The first kappa shape index (κ1) is 21.2. The number of nitrogens with one attached hydrogen (secondary N) is 1. The molecular formula is C18H31NO4. The maximum atomic E-state index is 10.8. The van der Waals surface area contributed by atoms with Crippen LogP contribution in [0.15, 0.2) is 24.3 Å². The predicted molar refractivity (Wildman–Crippen MR) is 92.9 cm³/mol. The number of benzene rings is 1. The van der Waals surface area contributed by atoms with Gasteiger partial charge >= 0.3 is 6.09 Å². The van der Waals surface area contributed by atoms with E-state index in [0.717, 1.165) is 5.75 Å². The Morgan fingerprint density at radius 1 is 1.04 bits per heavy atom. The van der Waals surface area contributed by atoms with E-state index < -0.39 is 11.7 Å². The number of amides is 1. The topological polar surface area (TPSA) is 67.8 Å². The summed E-state index contributed by atoms with van der Waals surface area (Å²) in [5.41, 5.74) is 0.686. The van der Waals surface area contributed by atoms with Gasteiger partial charge in [0.05, 0.1) is 6.61 Å². The fraction of sp³-hybridized carbons (Fsp3) is 0.611. The molecule has 0 radical (unpaired) electrons. The summed E-state index contributed by atoms with van der Waals surface area (Å²) < 4.78 is 10.5. The van der Waals surface area contributed by atoms with Crippen molar-refractivity contribution < 1.29 is 19.4 Å². The molecule has 1 aromatic carbocycles. The minimum Gasteiger partial charge on any atom is -0.488 e. The first-order chi connectivity index (χ1) is 10.4. The predicted octanol–water partition coefficient (Wildman–Crippen LogP) is 3.68. The molecule has 0 heterocycles. The molecule has 2 N–H and O–H groups in total. The summed E-state index contributed by atoms with van der Waals surface area (Å²) in [4.78, 5) is 10.8. The molecule has 0 fully saturated rings. The monoisotopic (exact) mass is 325 g/mol. The summed E-state index contributed by atoms with van der Waals surface area (Å²) in [5.74, 6) is 0.938. The molecule has 0 atom stereocenters. The number of hydrogen-bond acceptors (Lipinski definition) is 4. The Kier molecular flexibility index (Phi) is 8.69. The lowest BCUT2D eigenvalue weighted by atomic mass is 10.2. The van der Waals surface area contributed by atoms with Gasteiger partial charge < -0.3 is 19.9 Å². The first-order valence-electron chi connectivity index (χ1n) is 7.76. The highest BCUT2D eigenvalue weighted by atomic mass is 16.6. The summed E-state index contributed by atoms with van der Waals surface area (Å²) in [6.07, 6.45) is -0.494. The Labute approximate surface area is 140 Å². The molecule has 0 aliphatic heterocycles. The van der Waals surface area contributed by atoms with Crippen LogP contribution in [-0.4, -0.2) is 35.6 Å². The van der Waals surface area contributed by atoms with E-state index in [1.807, 2.05) is 32.9 Å². The van der Waals surface area contributed by atoms with Crippen LogP contribution < -0.4 is 10.1 Å². The van der Waals surface area contributed by atoms with E-state index in [4.69, 9.17) is 14.6 Å². The van der Waals surface area contributed by atoms with Crippen molar-refractivity contribution in [2.45, 2.75) is 59.7 Å². The molecule has 1 amide bonds. The van der Waals surface area contributed by atoms with Crippen molar-refractivity contribution in [2.24, 2.45) is 0 Å². The van der Waals surface area contributed by atoms with Gasteiger partial charge in [-0.3, -0.25) is 0 Å². The summed E-state index contributed by atoms with van der Waals surface area (Å²) in [6.45, 7) is 13.7. The number of aliphatic hydroxyl groups excluding tert-OH is 1. The van der Waals surface area contributed by atoms with Crippen molar-refractivity contribution >= 4 is 6.09 Å². The van der Waals surface area contributed by atoms with Crippen LogP contribution in [0.3, 0.4) is 0 Å². The third kappa shape index (κ3) is 13.6. The molecule has 1 rings (SSSR count). The quantitative estimate of drug-likeness (QED) is 0.889. The lowest BCUT2D eigenvalue weighted by Gasteiger charge is -2.21. The normalized spacial score (nSPS) is 11.1. The Morgan fingerprint density at radius 3 is 1.96 bits per heavy atom. The second-order valence-electron chi connectivity index (χ2n) is 7.18. The van der Waals surface area contributed by atoms with Crippen molar-refractivity contribution in [3.8, 4) is 5.75 Å². The zero-order valence-electron chi connectivity index (χ0n) is 15.4. The van der Waals surface area contributed by atoms with Crippen LogP contribution in [0.1, 0.15) is 47.1 Å². The molecule has 5 nitrogen and oxygen atoms in total. The van der Waals surface area contributed by atoms with E-state index in [1.165, 1.54) is 5.56 Å². The average Bonchev–Trinajstić information content (AvgIpc) is 2.36. The molecule has 5 heteroatoms. The second kappa shape index (κ2) is 9.40. The second-order valence-corrected chi connectivity index (χ2v) is 7.18. The van der Waals surface area contributed by atoms with Gasteiger partial charge in [-0.1, -0.05) is 17.7 Å². The van der Waals surface area contributed by atoms with Crippen molar-refractivity contribution in [1.29, 1.82) is 0 Å². The van der Waals surface area contributed by atoms with Crippen LogP contribution in [0.4, 0.5) is 4.79 Å². The van der Waals surface area contributed by atoms with Gasteiger partial charge in [-0.15, -0.1) is 0 Å². The molecule has 0 unspecified atom stereocenters. The first-order valence-corrected chi connectivity index (χ1v) is 7.76. The smallest absolute Gasteiger partial charge is 0.407 e. The van der Waals surface area contributed by atoms with Crippen molar-refractivity contribution in [3.63, 3.8) is 0 Å². The number of carbonyl (C=O) groups excluding carboxylic acids is 1. The number of carbonyl (C=O) groups is 1. The Balaban J connectivity index is 0.000000423. The third-order valence-corrected chi connectivity index (χ3v) is 2.23. The van der Waals surface area contributed by atoms with Gasteiger partial charge in [0.1, 0.15) is 17.0 Å². The zero-order chi connectivity index (χ0) is 18.1. The van der Waals surface area contributed by atoms with Gasteiger partial charge in [0, 0.05) is 6.54 Å². The van der Waals surface area contributed by atoms with Crippen LogP contribution in [0, 0.1) is 6.92 Å². The highest BCUT2D eigenvalue weighted by Gasteiger charge is 2.15. The SMILES string of the molecule is CC(C)(C)OC(=O)NCCO.Cc1ccc(OC(C)(C)C)cc1. The van der Waals surface area contributed by atoms with E-state index in [0.29, 0.717) is 0 Å². The zero-order valence-corrected chi connectivity index (χ0v) is 15.4. The van der Waals surface area contributed by atoms with E-state index in [-0.39, 0.29) is 18.8 Å². The van der Waals surface area contributed by atoms with Gasteiger partial charge in [-0.25, -0.2) is 4.79 Å². The summed E-state index contributed by atoms with van der Waals surface area (Å²) >= 11 is 0. The van der Waals surface area contributed by atoms with Crippen molar-refractivity contribution in [3.05, 3.63) is 29.8 Å². The lowest BCUT2D eigenvalue weighted by Crippen LogP contribution is -2.33. The summed E-state index contributed by atoms with van der Waals surface area (Å²) in [6, 6.07) is 8.11. The minimum atomic E-state index is -0.494. The summed E-state index contributed by atoms with van der Waals surface area (Å²) in [7, 11) is 0. The number of aryl methyl sites for hydroxylation is 1. The molecule has 132 valence electrons. The fourth-order valence-electron chi connectivity index (χ4n) is 1.43. The number of aliphatic hydroxyl groups is 1. The fourth-order valence-corrected chi connectivity index (χ4v) is 1.43. The molecule has 23 heavy (non-hydrogen) atoms. The molecule has 0 spiro atoms. The largest absolute Gasteiger partial charge is 0.488 e. The molecule has 0 bridgehead atoms. The van der Waals surface area contributed by atoms with Gasteiger partial charge in [0.25, 0.3) is 0 Å². The van der Waals surface area contributed by atoms with Crippen LogP contribution in [0.5, 0.6) is 5.75 Å². The molecule has 0 aliphatic rings. The maximum absolute atomic E-state index is 10.8. The molecule has 0 aromatic heterocycles. The highest BCUT2D eigenvalue weighted by Crippen LogP contribution is 2.17. The molecule has 0 saturated heterocycles. The Hall–Kier alpha value is -1.75. The van der Waals surface area contributed by atoms with Crippen LogP contribution in [-0.2, 0) is 4.74 Å². The van der Waals surface area contributed by atoms with E-state index in [9.17, 15) is 4.79 Å². The standard InChI is InChI=1S/C11H16O.C7H15NO3/c1-9-5-7-10(8-6-9)12-11(2,3)4;1-7(2,3)11-6(10)8-4-5-9/h5-8H,1-4H3;9H,4-5H2,1-3H3,(H,8,10). The van der Waals surface area contributed by atoms with Gasteiger partial charge in [-0.2, -0.15) is 0 Å². The molecule has 0 saturated carbocycles. The van der Waals surface area contributed by atoms with Crippen LogP contribution in [0.2, 0.25) is 0 Å². The van der Waals surface area contributed by atoms with Gasteiger partial charge in [0.15, 0.2) is 0 Å². The Morgan fingerprint density at radius 2 is 1.57 bits per heavy atom. The van der Waals surface area contributed by atoms with Crippen LogP contribution >= 0.6 is 0 Å². The summed E-state index contributed by atoms with van der Waals surface area (Å²) in [5, 5.41) is 10.7. The number of ether oxygens (including phenoxy) is 2. The number of alkyl carbamates (subject to hydrolysis) is 1. The van der Waals surface area contributed by atoms with Gasteiger partial charge in [0.2, 0.25) is 0 Å². The minimum absolute atomic E-state index is 0.0702. The van der Waals surface area contributed by atoms with E-state index >= 15 is 0 Å². The number of rotatable bonds is 3. The van der Waals surface area contributed by atoms with Gasteiger partial charge in [-0.05, 0) is 60.6 Å².